The van der Waals surface area contributed by atoms with E-state index in [2.05, 4.69) is 25.9 Å². The second-order valence-corrected chi connectivity index (χ2v) is 16.5. The fourth-order valence-corrected chi connectivity index (χ4v) is 6.16. The maximum Gasteiger partial charge on any atom is 0.407 e. The molecule has 0 saturated carbocycles. The average Bonchev–Trinajstić information content (AvgIpc) is 3.46. The van der Waals surface area contributed by atoms with Crippen LogP contribution in [0.15, 0.2) is 36.7 Å². The molecule has 0 atom stereocenters. The number of alkyl carbamates (subject to hydrolysis) is 3. The number of unbranched alkanes of at least 4 members (excludes halogenated alkanes) is 3. The predicted octanol–water partition coefficient (Wildman–Crippen LogP) is 3.72. The highest BCUT2D eigenvalue weighted by atomic mass is 35.5. The van der Waals surface area contributed by atoms with Gasteiger partial charge < -0.3 is 101 Å². The van der Waals surface area contributed by atoms with Crippen molar-refractivity contribution in [3.63, 3.8) is 0 Å². The fraction of sp³-hybridized carbons (Fsp3) is 0.750. The molecule has 3 amide bonds. The van der Waals surface area contributed by atoms with E-state index in [1.807, 2.05) is 6.07 Å². The zero-order chi connectivity index (χ0) is 56.4. The molecular formula is C52H88ClN5O21. The summed E-state index contributed by atoms with van der Waals surface area (Å²) in [5.74, 6) is 1.98. The number of ether oxygens (including phenoxy) is 18. The number of methoxy groups -OCH3 is 1. The third kappa shape index (κ3) is 46.9. The third-order valence-corrected chi connectivity index (χ3v) is 10.1. The lowest BCUT2D eigenvalue weighted by Crippen LogP contribution is -2.29. The Hall–Kier alpha value is -4.52. The van der Waals surface area contributed by atoms with Gasteiger partial charge in [-0.1, -0.05) is 12.8 Å². The number of alkyl halides is 1. The van der Waals surface area contributed by atoms with Crippen LogP contribution in [0.5, 0.6) is 11.5 Å². The van der Waals surface area contributed by atoms with Crippen LogP contribution in [-0.2, 0) is 75.8 Å². The summed E-state index contributed by atoms with van der Waals surface area (Å²) < 4.78 is 97.2. The molecule has 0 radical (unpaired) electrons. The Bertz CT molecular complexity index is 1720. The largest absolute Gasteiger partial charge is 0.491 e. The standard InChI is InChI=1S/C52H88ClN5O21/c1-62-18-19-67-26-29-70-34-39-75-46-6-9-54-48(44-46)49-45-47(7-10-55-49)76-40-35-71-32-33-74-38-43-79-52(61)58-13-17-66-23-25-69-28-31-73-37-42-78-51(60)57-12-16-65-22-24-68-27-30-72-36-41-77-50(59)56-11-15-64-21-20-63-14-5-3-2-4-8-53/h6-7,9-10,44-45H,2-5,8,11-43H2,1H3,(H,56,59)(H,57,60)(H,58,61). The third-order valence-electron chi connectivity index (χ3n) is 9.86. The number of amides is 3. The van der Waals surface area contributed by atoms with E-state index in [4.69, 9.17) is 96.9 Å². The number of hydrogen-bond acceptors (Lipinski definition) is 23. The highest BCUT2D eigenvalue weighted by molar-refractivity contribution is 6.17. The Balaban J connectivity index is 1.24. The first-order valence-electron chi connectivity index (χ1n) is 26.9. The van der Waals surface area contributed by atoms with Crippen molar-refractivity contribution in [1.29, 1.82) is 0 Å². The number of carbonyl (C=O) groups excluding carboxylic acids is 3. The van der Waals surface area contributed by atoms with E-state index < -0.39 is 18.3 Å². The maximum atomic E-state index is 11.9. The summed E-state index contributed by atoms with van der Waals surface area (Å²) in [5, 5.41) is 7.80. The van der Waals surface area contributed by atoms with E-state index in [1.165, 1.54) is 0 Å². The Labute approximate surface area is 470 Å². The van der Waals surface area contributed by atoms with Gasteiger partial charge in [-0.3, -0.25) is 9.97 Å². The molecule has 3 N–H and O–H groups in total. The number of rotatable bonds is 57. The van der Waals surface area contributed by atoms with Crippen molar-refractivity contribution in [2.45, 2.75) is 25.7 Å². The van der Waals surface area contributed by atoms with Crippen molar-refractivity contribution in [3.8, 4) is 22.9 Å². The molecule has 2 heterocycles. The van der Waals surface area contributed by atoms with E-state index in [9.17, 15) is 14.4 Å². The van der Waals surface area contributed by atoms with Crippen molar-refractivity contribution < 1.29 is 99.6 Å². The monoisotopic (exact) mass is 1150 g/mol. The summed E-state index contributed by atoms with van der Waals surface area (Å²) in [6.07, 6.45) is 5.93. The first-order chi connectivity index (χ1) is 39.0. The minimum atomic E-state index is -0.576. The van der Waals surface area contributed by atoms with Crippen molar-refractivity contribution >= 4 is 29.9 Å². The van der Waals surface area contributed by atoms with Crippen LogP contribution in [0, 0.1) is 0 Å². The van der Waals surface area contributed by atoms with Gasteiger partial charge in [0.2, 0.25) is 0 Å². The molecule has 454 valence electrons. The number of aromatic nitrogens is 2. The van der Waals surface area contributed by atoms with Crippen LogP contribution < -0.4 is 25.4 Å². The Morgan fingerprint density at radius 3 is 1.00 bits per heavy atom. The van der Waals surface area contributed by atoms with Crippen LogP contribution >= 0.6 is 11.6 Å². The molecule has 2 rings (SSSR count). The summed E-state index contributed by atoms with van der Waals surface area (Å²) >= 11 is 5.66. The van der Waals surface area contributed by atoms with Crippen molar-refractivity contribution in [1.82, 2.24) is 25.9 Å². The van der Waals surface area contributed by atoms with Crippen molar-refractivity contribution in [3.05, 3.63) is 36.7 Å². The number of nitrogens with zero attached hydrogens (tertiary/aromatic N) is 2. The van der Waals surface area contributed by atoms with Gasteiger partial charge in [0.25, 0.3) is 0 Å². The Morgan fingerprint density at radius 2 is 0.658 bits per heavy atom. The maximum absolute atomic E-state index is 11.9. The van der Waals surface area contributed by atoms with Gasteiger partial charge >= 0.3 is 18.3 Å². The van der Waals surface area contributed by atoms with Crippen LogP contribution in [0.25, 0.3) is 11.4 Å². The van der Waals surface area contributed by atoms with Gasteiger partial charge in [0.05, 0.1) is 170 Å². The zero-order valence-corrected chi connectivity index (χ0v) is 46.9. The van der Waals surface area contributed by atoms with Crippen LogP contribution in [0.1, 0.15) is 25.7 Å². The van der Waals surface area contributed by atoms with Gasteiger partial charge in [-0.25, -0.2) is 14.4 Å². The number of pyridine rings is 2. The van der Waals surface area contributed by atoms with E-state index in [0.717, 1.165) is 25.7 Å². The molecule has 2 aromatic heterocycles. The molecule has 0 saturated heterocycles. The summed E-state index contributed by atoms with van der Waals surface area (Å²) in [6.45, 7) is 11.4. The highest BCUT2D eigenvalue weighted by Gasteiger charge is 2.08. The van der Waals surface area contributed by atoms with Crippen LogP contribution in [-0.4, -0.2) is 259 Å². The first-order valence-corrected chi connectivity index (χ1v) is 27.4. The average molecular weight is 1150 g/mol. The molecule has 0 aromatic carbocycles. The first kappa shape index (κ1) is 70.6. The van der Waals surface area contributed by atoms with E-state index in [-0.39, 0.29) is 65.9 Å². The molecular weight excluding hydrogens is 1070 g/mol. The molecule has 0 aliphatic rings. The van der Waals surface area contributed by atoms with Gasteiger partial charge in [0, 0.05) is 63.8 Å². The quantitative estimate of drug-likeness (QED) is 0.0483. The topological polar surface area (TPSA) is 279 Å². The summed E-state index contributed by atoms with van der Waals surface area (Å²) in [4.78, 5) is 44.3. The molecule has 0 aliphatic carbocycles. The molecule has 27 heteroatoms. The molecule has 2 aromatic rings. The van der Waals surface area contributed by atoms with Crippen molar-refractivity contribution in [2.75, 3.05) is 231 Å². The second kappa shape index (κ2) is 55.4. The number of nitrogens with one attached hydrogen (secondary N) is 3. The minimum absolute atomic E-state index is 0.0827. The minimum Gasteiger partial charge on any atom is -0.491 e. The normalized spacial score (nSPS) is 11.1. The van der Waals surface area contributed by atoms with Crippen LogP contribution in [0.2, 0.25) is 0 Å². The lowest BCUT2D eigenvalue weighted by molar-refractivity contribution is 0.00396. The lowest BCUT2D eigenvalue weighted by atomic mass is 10.2. The van der Waals surface area contributed by atoms with E-state index >= 15 is 0 Å². The highest BCUT2D eigenvalue weighted by Crippen LogP contribution is 2.23. The van der Waals surface area contributed by atoms with Gasteiger partial charge in [0.1, 0.15) is 44.5 Å². The Morgan fingerprint density at radius 1 is 0.367 bits per heavy atom. The summed E-state index contributed by atoms with van der Waals surface area (Å²) in [6, 6.07) is 7.15. The summed E-state index contributed by atoms with van der Waals surface area (Å²) in [7, 11) is 1.63. The van der Waals surface area contributed by atoms with Gasteiger partial charge in [-0.05, 0) is 25.0 Å². The lowest BCUT2D eigenvalue weighted by Gasteiger charge is -2.10. The summed E-state index contributed by atoms with van der Waals surface area (Å²) in [5.41, 5.74) is 1.28. The second-order valence-electron chi connectivity index (χ2n) is 16.1. The van der Waals surface area contributed by atoms with E-state index in [0.29, 0.717) is 181 Å². The van der Waals surface area contributed by atoms with Gasteiger partial charge in [0.15, 0.2) is 0 Å². The fourth-order valence-electron chi connectivity index (χ4n) is 5.97. The van der Waals surface area contributed by atoms with Crippen LogP contribution in [0.4, 0.5) is 14.4 Å². The number of halogens is 1. The van der Waals surface area contributed by atoms with E-state index in [1.54, 1.807) is 37.7 Å². The number of hydrogen-bond donors (Lipinski definition) is 3. The smallest absolute Gasteiger partial charge is 0.407 e. The van der Waals surface area contributed by atoms with Crippen molar-refractivity contribution in [2.24, 2.45) is 0 Å². The van der Waals surface area contributed by atoms with Gasteiger partial charge in [-0.2, -0.15) is 0 Å². The molecule has 0 spiro atoms. The molecule has 26 nitrogen and oxygen atoms in total. The van der Waals surface area contributed by atoms with Crippen LogP contribution in [0.3, 0.4) is 0 Å². The molecule has 0 bridgehead atoms. The molecule has 0 unspecified atom stereocenters. The number of carbonyl (C=O) groups is 3. The zero-order valence-electron chi connectivity index (χ0n) is 46.2. The van der Waals surface area contributed by atoms with Gasteiger partial charge in [-0.15, -0.1) is 11.6 Å². The molecule has 79 heavy (non-hydrogen) atoms. The SMILES string of the molecule is COCCOCCOCCOc1ccnc(-c2cc(OCCOCCOCCOC(=O)NCCOCCOCCOCCOC(=O)NCCOCCOCCOCCOC(=O)NCCOCCOCCCCCCCl)ccn2)c1. The Kier molecular flexibility index (Phi) is 49.5. The predicted molar refractivity (Wildman–Crippen MR) is 287 cm³/mol. The molecule has 0 fully saturated rings. The molecule has 0 aliphatic heterocycles.